The highest BCUT2D eigenvalue weighted by Gasteiger charge is 2.65. The Morgan fingerprint density at radius 1 is 1.58 bits per heavy atom. The minimum Gasteiger partial charge on any atom is -0.370 e. The van der Waals surface area contributed by atoms with Crippen LogP contribution in [0.15, 0.2) is 15.7 Å². The number of aromatic amines is 1. The van der Waals surface area contributed by atoms with Crippen molar-refractivity contribution in [2.75, 3.05) is 6.54 Å². The number of fused-ring (bicyclic) bond motifs is 2. The number of nitrogens with two attached hydrogens (primary N) is 1. The molecule has 7 heteroatoms. The van der Waals surface area contributed by atoms with Crippen molar-refractivity contribution in [2.45, 2.75) is 31.0 Å². The number of hydrogen-bond donors (Lipinski definition) is 3. The van der Waals surface area contributed by atoms with Gasteiger partial charge in [0.05, 0.1) is 0 Å². The fourth-order valence-corrected chi connectivity index (χ4v) is 4.57. The van der Waals surface area contributed by atoms with Crippen molar-refractivity contribution >= 4 is 27.8 Å². The van der Waals surface area contributed by atoms with Crippen LogP contribution in [0.25, 0.3) is 0 Å². The molecule has 0 aromatic carbocycles. The van der Waals surface area contributed by atoms with Crippen molar-refractivity contribution < 1.29 is 4.79 Å². The molecule has 1 aromatic heterocycles. The molecule has 4 heterocycles. The van der Waals surface area contributed by atoms with Gasteiger partial charge in [0.2, 0.25) is 0 Å². The van der Waals surface area contributed by atoms with Gasteiger partial charge in [-0.25, -0.2) is 4.99 Å². The lowest BCUT2D eigenvalue weighted by Crippen LogP contribution is -2.64. The quantitative estimate of drug-likeness (QED) is 0.661. The van der Waals surface area contributed by atoms with E-state index >= 15 is 0 Å². The number of aliphatic imine (C=N–C) groups is 1. The Morgan fingerprint density at radius 2 is 2.37 bits per heavy atom. The topological polar surface area (TPSA) is 86.5 Å². The van der Waals surface area contributed by atoms with Crippen molar-refractivity contribution in [3.8, 4) is 0 Å². The first-order valence-corrected chi connectivity index (χ1v) is 7.12. The SMILES string of the molecule is CC12NC(N)=NC13CCCN3C(=O)c1[nH]cc(Br)c12. The van der Waals surface area contributed by atoms with E-state index in [-0.39, 0.29) is 5.91 Å². The summed E-state index contributed by atoms with van der Waals surface area (Å²) in [6.07, 6.45) is 3.58. The summed E-state index contributed by atoms with van der Waals surface area (Å²) in [6, 6.07) is 0. The number of rotatable bonds is 0. The predicted octanol–water partition coefficient (Wildman–Crippen LogP) is 0.856. The van der Waals surface area contributed by atoms with Crippen LogP contribution < -0.4 is 11.1 Å². The van der Waals surface area contributed by atoms with Crippen LogP contribution in [0.3, 0.4) is 0 Å². The maximum atomic E-state index is 12.6. The molecule has 0 radical (unpaired) electrons. The average molecular weight is 324 g/mol. The van der Waals surface area contributed by atoms with Gasteiger partial charge in [0.15, 0.2) is 11.6 Å². The molecular weight excluding hydrogens is 310 g/mol. The number of guanidine groups is 1. The highest BCUT2D eigenvalue weighted by molar-refractivity contribution is 9.10. The summed E-state index contributed by atoms with van der Waals surface area (Å²) in [7, 11) is 0. The van der Waals surface area contributed by atoms with Crippen molar-refractivity contribution in [1.82, 2.24) is 15.2 Å². The molecule has 2 unspecified atom stereocenters. The third-order valence-electron chi connectivity index (χ3n) is 4.63. The van der Waals surface area contributed by atoms with E-state index in [1.54, 1.807) is 6.20 Å². The van der Waals surface area contributed by atoms with Crippen molar-refractivity contribution in [2.24, 2.45) is 10.7 Å². The minimum atomic E-state index is -0.578. The number of H-pyrrole nitrogens is 1. The molecule has 1 aromatic rings. The summed E-state index contributed by atoms with van der Waals surface area (Å²) in [5.41, 5.74) is 6.43. The van der Waals surface area contributed by atoms with E-state index in [0.29, 0.717) is 11.7 Å². The summed E-state index contributed by atoms with van der Waals surface area (Å²) in [5, 5.41) is 3.28. The Kier molecular flexibility index (Phi) is 1.88. The predicted molar refractivity (Wildman–Crippen MR) is 73.6 cm³/mol. The Balaban J connectivity index is 2.06. The van der Waals surface area contributed by atoms with Crippen LogP contribution in [0.1, 0.15) is 35.8 Å². The molecule has 1 spiro atoms. The fraction of sp³-hybridized carbons (Fsp3) is 0.500. The Morgan fingerprint density at radius 3 is 3.16 bits per heavy atom. The van der Waals surface area contributed by atoms with Gasteiger partial charge in [-0.1, -0.05) is 0 Å². The number of nitrogens with one attached hydrogen (secondary N) is 2. The molecule has 1 saturated heterocycles. The second-order valence-corrected chi connectivity index (χ2v) is 6.36. The van der Waals surface area contributed by atoms with Crippen LogP contribution in [0.5, 0.6) is 0 Å². The monoisotopic (exact) mass is 323 g/mol. The fourth-order valence-electron chi connectivity index (χ4n) is 3.86. The largest absolute Gasteiger partial charge is 0.370 e. The Bertz CT molecular complexity index is 638. The van der Waals surface area contributed by atoms with Gasteiger partial charge in [-0.3, -0.25) is 4.79 Å². The molecule has 4 N–H and O–H groups in total. The number of amides is 1. The van der Waals surface area contributed by atoms with E-state index < -0.39 is 11.2 Å². The van der Waals surface area contributed by atoms with Gasteiger partial charge in [0.1, 0.15) is 11.2 Å². The van der Waals surface area contributed by atoms with Crippen LogP contribution in [-0.4, -0.2) is 34.0 Å². The molecule has 0 saturated carbocycles. The van der Waals surface area contributed by atoms with E-state index in [0.717, 1.165) is 29.4 Å². The summed E-state index contributed by atoms with van der Waals surface area (Å²) in [6.45, 7) is 2.79. The lowest BCUT2D eigenvalue weighted by molar-refractivity contribution is 0.0324. The van der Waals surface area contributed by atoms with Crippen LogP contribution in [0.2, 0.25) is 0 Å². The van der Waals surface area contributed by atoms with Gasteiger partial charge in [-0.05, 0) is 35.7 Å². The molecule has 3 aliphatic heterocycles. The van der Waals surface area contributed by atoms with Crippen LogP contribution in [0.4, 0.5) is 0 Å². The first-order valence-electron chi connectivity index (χ1n) is 6.32. The molecule has 6 nitrogen and oxygen atoms in total. The van der Waals surface area contributed by atoms with Gasteiger partial charge >= 0.3 is 0 Å². The van der Waals surface area contributed by atoms with Gasteiger partial charge in [-0.15, -0.1) is 0 Å². The van der Waals surface area contributed by atoms with E-state index in [4.69, 9.17) is 5.73 Å². The minimum absolute atomic E-state index is 0.0101. The first-order chi connectivity index (χ1) is 8.99. The molecule has 2 atom stereocenters. The Hall–Kier alpha value is -1.50. The van der Waals surface area contributed by atoms with Crippen molar-refractivity contribution in [3.63, 3.8) is 0 Å². The molecule has 0 bridgehead atoms. The van der Waals surface area contributed by atoms with E-state index in [9.17, 15) is 4.79 Å². The number of aromatic nitrogens is 1. The zero-order valence-electron chi connectivity index (χ0n) is 10.5. The van der Waals surface area contributed by atoms with E-state index in [1.807, 2.05) is 4.90 Å². The van der Waals surface area contributed by atoms with Crippen LogP contribution in [-0.2, 0) is 5.54 Å². The summed E-state index contributed by atoms with van der Waals surface area (Å²) < 4.78 is 0.890. The van der Waals surface area contributed by atoms with Crippen LogP contribution >= 0.6 is 15.9 Å². The molecule has 4 rings (SSSR count). The smallest absolute Gasteiger partial charge is 0.272 e. The maximum Gasteiger partial charge on any atom is 0.272 e. The molecule has 1 fully saturated rings. The normalized spacial score (nSPS) is 35.6. The molecular formula is C12H14BrN5O. The third kappa shape index (κ3) is 1.05. The lowest BCUT2D eigenvalue weighted by atomic mass is 9.76. The number of carbonyl (C=O) groups is 1. The number of carbonyl (C=O) groups excluding carboxylic acids is 1. The summed E-state index contributed by atoms with van der Waals surface area (Å²) in [5.74, 6) is 0.416. The van der Waals surface area contributed by atoms with Gasteiger partial charge in [0, 0.05) is 22.8 Å². The lowest BCUT2D eigenvalue weighted by Gasteiger charge is -2.48. The number of nitrogens with zero attached hydrogens (tertiary/aromatic N) is 2. The van der Waals surface area contributed by atoms with Gasteiger partial charge in [0.25, 0.3) is 5.91 Å². The molecule has 19 heavy (non-hydrogen) atoms. The zero-order valence-corrected chi connectivity index (χ0v) is 12.0. The van der Waals surface area contributed by atoms with Gasteiger partial charge < -0.3 is 20.9 Å². The van der Waals surface area contributed by atoms with E-state index in [1.165, 1.54) is 0 Å². The van der Waals surface area contributed by atoms with Crippen molar-refractivity contribution in [3.05, 3.63) is 21.9 Å². The van der Waals surface area contributed by atoms with E-state index in [2.05, 4.69) is 38.1 Å². The second-order valence-electron chi connectivity index (χ2n) is 5.51. The first kappa shape index (κ1) is 11.3. The van der Waals surface area contributed by atoms with Crippen molar-refractivity contribution in [1.29, 1.82) is 0 Å². The number of hydrogen-bond acceptors (Lipinski definition) is 4. The summed E-state index contributed by atoms with van der Waals surface area (Å²) in [4.78, 5) is 22.2. The number of halogens is 1. The van der Waals surface area contributed by atoms with Crippen LogP contribution in [0, 0.1) is 0 Å². The zero-order chi connectivity index (χ0) is 13.4. The Labute approximate surface area is 118 Å². The summed E-state index contributed by atoms with van der Waals surface area (Å²) >= 11 is 3.53. The highest BCUT2D eigenvalue weighted by atomic mass is 79.9. The third-order valence-corrected chi connectivity index (χ3v) is 5.25. The standard InChI is InChI=1S/C12H14BrN5O/c1-11-7-6(13)5-15-8(7)9(19)18-4-2-3-12(11,18)17-10(14)16-11/h5,15H,2-4H2,1H3,(H3,14,16,17). The van der Waals surface area contributed by atoms with Gasteiger partial charge in [-0.2, -0.15) is 0 Å². The molecule has 100 valence electrons. The second kappa shape index (κ2) is 3.15. The average Bonchev–Trinajstić information content (AvgIpc) is 2.97. The molecule has 1 amide bonds. The maximum absolute atomic E-state index is 12.6. The molecule has 3 aliphatic rings. The highest BCUT2D eigenvalue weighted by Crippen LogP contribution is 2.53. The molecule has 0 aliphatic carbocycles.